The quantitative estimate of drug-likeness (QED) is 0.785. The minimum absolute atomic E-state index is 0.00158. The smallest absolute Gasteiger partial charge is 0.257 e. The van der Waals surface area contributed by atoms with E-state index < -0.39 is 0 Å². The number of carbonyl (C=O) groups excluding carboxylic acids is 1. The zero-order valence-electron chi connectivity index (χ0n) is 16.4. The van der Waals surface area contributed by atoms with Gasteiger partial charge in [0.2, 0.25) is 5.95 Å². The summed E-state index contributed by atoms with van der Waals surface area (Å²) in [6, 6.07) is 9.75. The fourth-order valence-electron chi connectivity index (χ4n) is 3.69. The van der Waals surface area contributed by atoms with Crippen LogP contribution in [0.2, 0.25) is 0 Å². The van der Waals surface area contributed by atoms with Gasteiger partial charge in [-0.15, -0.1) is 0 Å². The normalized spacial score (nSPS) is 22.1. The van der Waals surface area contributed by atoms with E-state index in [4.69, 9.17) is 4.74 Å². The highest BCUT2D eigenvalue weighted by Gasteiger charge is 2.39. The maximum atomic E-state index is 13.0. The summed E-state index contributed by atoms with van der Waals surface area (Å²) in [6.45, 7) is 3.52. The third kappa shape index (κ3) is 4.68. The van der Waals surface area contributed by atoms with Crippen molar-refractivity contribution in [3.8, 4) is 0 Å². The molecule has 0 bridgehead atoms. The standard InChI is InChI=1S/C22H28N4O2/c1-2-3-9-19-14-26(15-20(28-19)16-10-11-16)21(27)17-12-23-22(24-13-17)25-18-7-5-4-6-8-18/h4-8,12-13,16,19-20H,2-3,9-11,14-15H2,1H3,(H,23,24,25)/t19-,20-/m1/s1. The molecule has 4 rings (SSSR count). The minimum atomic E-state index is 0.00158. The van der Waals surface area contributed by atoms with Crippen molar-refractivity contribution < 1.29 is 9.53 Å². The molecule has 1 aromatic carbocycles. The van der Waals surface area contributed by atoms with Gasteiger partial charge in [0.05, 0.1) is 17.8 Å². The number of hydrogen-bond acceptors (Lipinski definition) is 5. The number of morpholine rings is 1. The summed E-state index contributed by atoms with van der Waals surface area (Å²) in [4.78, 5) is 23.6. The Labute approximate surface area is 166 Å². The van der Waals surface area contributed by atoms with Crippen LogP contribution in [0.1, 0.15) is 49.4 Å². The first-order valence-electron chi connectivity index (χ1n) is 10.3. The average Bonchev–Trinajstić information content (AvgIpc) is 3.58. The van der Waals surface area contributed by atoms with Crippen molar-refractivity contribution in [1.29, 1.82) is 0 Å². The van der Waals surface area contributed by atoms with Crippen LogP contribution in [0.15, 0.2) is 42.7 Å². The number of nitrogens with one attached hydrogen (secondary N) is 1. The molecule has 28 heavy (non-hydrogen) atoms. The molecule has 0 spiro atoms. The van der Waals surface area contributed by atoms with Crippen LogP contribution in [0.5, 0.6) is 0 Å². The number of nitrogens with zero attached hydrogens (tertiary/aromatic N) is 3. The van der Waals surface area contributed by atoms with E-state index >= 15 is 0 Å². The molecule has 1 aromatic heterocycles. The number of carbonyl (C=O) groups is 1. The summed E-state index contributed by atoms with van der Waals surface area (Å²) in [6.07, 6.45) is 9.28. The topological polar surface area (TPSA) is 67.4 Å². The molecule has 2 aromatic rings. The van der Waals surface area contributed by atoms with Crippen LogP contribution in [0.4, 0.5) is 11.6 Å². The molecule has 1 N–H and O–H groups in total. The molecule has 1 amide bonds. The molecule has 6 nitrogen and oxygen atoms in total. The third-order valence-electron chi connectivity index (χ3n) is 5.43. The SMILES string of the molecule is CCCC[C@@H]1CN(C(=O)c2cnc(Nc3ccccc3)nc2)C[C@H](C2CC2)O1. The van der Waals surface area contributed by atoms with Gasteiger partial charge >= 0.3 is 0 Å². The van der Waals surface area contributed by atoms with Gasteiger partial charge in [-0.3, -0.25) is 4.79 Å². The first-order chi connectivity index (χ1) is 13.7. The van der Waals surface area contributed by atoms with E-state index in [1.165, 1.54) is 12.8 Å². The van der Waals surface area contributed by atoms with Crippen molar-refractivity contribution in [2.24, 2.45) is 5.92 Å². The first-order valence-corrected chi connectivity index (χ1v) is 10.3. The van der Waals surface area contributed by atoms with Crippen molar-refractivity contribution >= 4 is 17.5 Å². The lowest BCUT2D eigenvalue weighted by molar-refractivity contribution is -0.0874. The Hall–Kier alpha value is -2.47. The molecular weight excluding hydrogens is 352 g/mol. The zero-order chi connectivity index (χ0) is 19.3. The highest BCUT2D eigenvalue weighted by atomic mass is 16.5. The molecule has 2 fully saturated rings. The minimum Gasteiger partial charge on any atom is -0.371 e. The average molecular weight is 380 g/mol. The Morgan fingerprint density at radius 1 is 1.18 bits per heavy atom. The fraction of sp³-hybridized carbons (Fsp3) is 0.500. The van der Waals surface area contributed by atoms with Crippen molar-refractivity contribution in [2.45, 2.75) is 51.2 Å². The molecular formula is C22H28N4O2. The van der Waals surface area contributed by atoms with Gasteiger partial charge in [0.15, 0.2) is 0 Å². The Bertz CT molecular complexity index is 777. The molecule has 2 atom stereocenters. The molecule has 1 saturated heterocycles. The van der Waals surface area contributed by atoms with Gasteiger partial charge in [-0.2, -0.15) is 0 Å². The summed E-state index contributed by atoms with van der Waals surface area (Å²) < 4.78 is 6.28. The van der Waals surface area contributed by atoms with E-state index in [0.717, 1.165) is 24.9 Å². The lowest BCUT2D eigenvalue weighted by atomic mass is 10.1. The van der Waals surface area contributed by atoms with Gasteiger partial charge in [-0.05, 0) is 37.3 Å². The van der Waals surface area contributed by atoms with E-state index in [0.29, 0.717) is 30.5 Å². The van der Waals surface area contributed by atoms with Gasteiger partial charge < -0.3 is 15.0 Å². The molecule has 1 aliphatic heterocycles. The Morgan fingerprint density at radius 2 is 1.93 bits per heavy atom. The molecule has 148 valence electrons. The molecule has 2 aliphatic rings. The number of unbranched alkanes of at least 4 members (excludes halogenated alkanes) is 1. The lowest BCUT2D eigenvalue weighted by Gasteiger charge is -2.38. The highest BCUT2D eigenvalue weighted by molar-refractivity contribution is 5.93. The number of amides is 1. The maximum Gasteiger partial charge on any atom is 0.257 e. The maximum absolute atomic E-state index is 13.0. The van der Waals surface area contributed by atoms with Crippen LogP contribution >= 0.6 is 0 Å². The summed E-state index contributed by atoms with van der Waals surface area (Å²) in [5.74, 6) is 1.11. The largest absolute Gasteiger partial charge is 0.371 e. The number of ether oxygens (including phenoxy) is 1. The number of benzene rings is 1. The second kappa shape index (κ2) is 8.69. The van der Waals surface area contributed by atoms with Crippen molar-refractivity contribution in [1.82, 2.24) is 14.9 Å². The Kier molecular flexibility index (Phi) is 5.86. The Balaban J connectivity index is 1.42. The second-order valence-electron chi connectivity index (χ2n) is 7.77. The number of para-hydroxylation sites is 1. The predicted octanol–water partition coefficient (Wildman–Crippen LogP) is 4.03. The fourth-order valence-corrected chi connectivity index (χ4v) is 3.69. The predicted molar refractivity (Wildman–Crippen MR) is 109 cm³/mol. The molecule has 1 saturated carbocycles. The molecule has 0 radical (unpaired) electrons. The summed E-state index contributed by atoms with van der Waals surface area (Å²) in [5.41, 5.74) is 1.45. The van der Waals surface area contributed by atoms with Crippen LogP contribution in [-0.2, 0) is 4.74 Å². The third-order valence-corrected chi connectivity index (χ3v) is 5.43. The first kappa shape index (κ1) is 18.9. The van der Waals surface area contributed by atoms with E-state index in [1.54, 1.807) is 12.4 Å². The molecule has 6 heteroatoms. The van der Waals surface area contributed by atoms with Crippen LogP contribution in [0, 0.1) is 5.92 Å². The van der Waals surface area contributed by atoms with Gasteiger partial charge in [-0.25, -0.2) is 9.97 Å². The Morgan fingerprint density at radius 3 is 2.61 bits per heavy atom. The summed E-state index contributed by atoms with van der Waals surface area (Å²) >= 11 is 0. The van der Waals surface area contributed by atoms with Gasteiger partial charge in [0.1, 0.15) is 0 Å². The van der Waals surface area contributed by atoms with Crippen LogP contribution in [0.25, 0.3) is 0 Å². The van der Waals surface area contributed by atoms with Gasteiger partial charge in [0.25, 0.3) is 5.91 Å². The molecule has 0 unspecified atom stereocenters. The van der Waals surface area contributed by atoms with E-state index in [1.807, 2.05) is 35.2 Å². The van der Waals surface area contributed by atoms with Gasteiger partial charge in [0, 0.05) is 31.2 Å². The second-order valence-corrected chi connectivity index (χ2v) is 7.77. The highest BCUT2D eigenvalue weighted by Crippen LogP contribution is 2.37. The number of aromatic nitrogens is 2. The number of anilines is 2. The summed E-state index contributed by atoms with van der Waals surface area (Å²) in [5, 5.41) is 3.14. The van der Waals surface area contributed by atoms with Crippen molar-refractivity contribution in [2.75, 3.05) is 18.4 Å². The van der Waals surface area contributed by atoms with Crippen LogP contribution in [-0.4, -0.2) is 46.1 Å². The zero-order valence-corrected chi connectivity index (χ0v) is 16.4. The van der Waals surface area contributed by atoms with E-state index in [2.05, 4.69) is 22.2 Å². The van der Waals surface area contributed by atoms with E-state index in [9.17, 15) is 4.79 Å². The molecule has 2 heterocycles. The summed E-state index contributed by atoms with van der Waals surface area (Å²) in [7, 11) is 0. The van der Waals surface area contributed by atoms with Crippen molar-refractivity contribution in [3.05, 3.63) is 48.3 Å². The lowest BCUT2D eigenvalue weighted by Crippen LogP contribution is -2.50. The van der Waals surface area contributed by atoms with E-state index in [-0.39, 0.29) is 18.1 Å². The van der Waals surface area contributed by atoms with Crippen LogP contribution in [0.3, 0.4) is 0 Å². The van der Waals surface area contributed by atoms with Crippen LogP contribution < -0.4 is 5.32 Å². The number of hydrogen-bond donors (Lipinski definition) is 1. The molecule has 1 aliphatic carbocycles. The number of rotatable bonds is 7. The van der Waals surface area contributed by atoms with Crippen molar-refractivity contribution in [3.63, 3.8) is 0 Å². The monoisotopic (exact) mass is 380 g/mol. The van der Waals surface area contributed by atoms with Gasteiger partial charge in [-0.1, -0.05) is 38.0 Å².